The van der Waals surface area contributed by atoms with Crippen LogP contribution in [0.2, 0.25) is 0 Å². The zero-order chi connectivity index (χ0) is 10.7. The van der Waals surface area contributed by atoms with E-state index < -0.39 is 0 Å². The first-order valence-corrected chi connectivity index (χ1v) is 6.31. The van der Waals surface area contributed by atoms with Crippen LogP contribution in [0.15, 0.2) is 17.3 Å². The van der Waals surface area contributed by atoms with Crippen molar-refractivity contribution in [2.45, 2.75) is 11.4 Å². The molecule has 2 heterocycles. The predicted molar refractivity (Wildman–Crippen MR) is 64.2 cm³/mol. The zero-order valence-electron chi connectivity index (χ0n) is 8.15. The number of rotatable bonds is 4. The van der Waals surface area contributed by atoms with E-state index in [0.717, 1.165) is 22.0 Å². The SMILES string of the molecule is CSc1c(N)nsc1NCc1cn[nH]c1. The molecule has 2 rings (SSSR count). The third-order valence-corrected chi connectivity index (χ3v) is 3.66. The minimum atomic E-state index is 0.599. The van der Waals surface area contributed by atoms with E-state index in [9.17, 15) is 0 Å². The van der Waals surface area contributed by atoms with Crippen molar-refractivity contribution in [1.29, 1.82) is 0 Å². The van der Waals surface area contributed by atoms with Crippen LogP contribution in [0, 0.1) is 0 Å². The molecule has 0 radical (unpaired) electrons. The molecule has 5 nitrogen and oxygen atoms in total. The van der Waals surface area contributed by atoms with Gasteiger partial charge in [0.2, 0.25) is 0 Å². The van der Waals surface area contributed by atoms with Crippen LogP contribution in [-0.4, -0.2) is 20.8 Å². The number of hydrogen-bond acceptors (Lipinski definition) is 6. The Morgan fingerprint density at radius 1 is 1.67 bits per heavy atom. The molecule has 0 saturated carbocycles. The van der Waals surface area contributed by atoms with Crippen LogP contribution in [0.1, 0.15) is 5.56 Å². The van der Waals surface area contributed by atoms with E-state index in [2.05, 4.69) is 19.9 Å². The molecule has 4 N–H and O–H groups in total. The predicted octanol–water partition coefficient (Wildman–Crippen LogP) is 1.78. The smallest absolute Gasteiger partial charge is 0.153 e. The molecule has 2 aromatic rings. The van der Waals surface area contributed by atoms with Gasteiger partial charge in [-0.15, -0.1) is 11.8 Å². The van der Waals surface area contributed by atoms with Gasteiger partial charge in [-0.25, -0.2) is 0 Å². The Labute approximate surface area is 95.6 Å². The van der Waals surface area contributed by atoms with Crippen molar-refractivity contribution in [2.24, 2.45) is 0 Å². The summed E-state index contributed by atoms with van der Waals surface area (Å²) in [5, 5.41) is 10.9. The molecule has 0 bridgehead atoms. The van der Waals surface area contributed by atoms with Crippen molar-refractivity contribution < 1.29 is 0 Å². The van der Waals surface area contributed by atoms with E-state index in [1.165, 1.54) is 11.5 Å². The number of nitrogens with two attached hydrogens (primary N) is 1. The topological polar surface area (TPSA) is 79.6 Å². The summed E-state index contributed by atoms with van der Waals surface area (Å²) in [5.74, 6) is 0.599. The van der Waals surface area contributed by atoms with E-state index in [4.69, 9.17) is 5.73 Å². The maximum absolute atomic E-state index is 5.72. The summed E-state index contributed by atoms with van der Waals surface area (Å²) in [6.07, 6.45) is 5.63. The standard InChI is InChI=1S/C8H11N5S2/c1-14-6-7(9)13-15-8(6)10-2-5-3-11-12-4-5/h3-4,10H,2H2,1H3,(H2,9,13)(H,11,12). The highest BCUT2D eigenvalue weighted by Gasteiger charge is 2.09. The summed E-state index contributed by atoms with van der Waals surface area (Å²) in [6.45, 7) is 0.728. The third kappa shape index (κ3) is 2.24. The van der Waals surface area contributed by atoms with Gasteiger partial charge in [-0.1, -0.05) is 0 Å². The lowest BCUT2D eigenvalue weighted by Crippen LogP contribution is -1.97. The molecule has 0 amide bonds. The van der Waals surface area contributed by atoms with E-state index in [0.29, 0.717) is 5.82 Å². The van der Waals surface area contributed by atoms with Crippen LogP contribution < -0.4 is 11.1 Å². The highest BCUT2D eigenvalue weighted by Crippen LogP contribution is 2.34. The van der Waals surface area contributed by atoms with Crippen molar-refractivity contribution in [3.05, 3.63) is 18.0 Å². The van der Waals surface area contributed by atoms with Gasteiger partial charge in [-0.05, 0) is 17.8 Å². The van der Waals surface area contributed by atoms with E-state index in [1.807, 2.05) is 12.5 Å². The molecular formula is C8H11N5S2. The van der Waals surface area contributed by atoms with E-state index in [-0.39, 0.29) is 0 Å². The van der Waals surface area contributed by atoms with Gasteiger partial charge in [0.15, 0.2) is 5.82 Å². The fourth-order valence-corrected chi connectivity index (χ4v) is 2.70. The van der Waals surface area contributed by atoms with Crippen LogP contribution in [0.5, 0.6) is 0 Å². The zero-order valence-corrected chi connectivity index (χ0v) is 9.78. The van der Waals surface area contributed by atoms with Crippen molar-refractivity contribution >= 4 is 34.1 Å². The Hall–Kier alpha value is -1.21. The van der Waals surface area contributed by atoms with E-state index in [1.54, 1.807) is 18.0 Å². The summed E-state index contributed by atoms with van der Waals surface area (Å²) in [6, 6.07) is 0. The van der Waals surface area contributed by atoms with Gasteiger partial charge in [0.1, 0.15) is 5.00 Å². The van der Waals surface area contributed by atoms with Gasteiger partial charge in [-0.2, -0.15) is 9.47 Å². The van der Waals surface area contributed by atoms with Crippen LogP contribution >= 0.6 is 23.3 Å². The highest BCUT2D eigenvalue weighted by atomic mass is 32.2. The first-order chi connectivity index (χ1) is 7.31. The molecule has 2 aromatic heterocycles. The molecule has 0 unspecified atom stereocenters. The number of hydrogen-bond donors (Lipinski definition) is 3. The molecule has 0 aromatic carbocycles. The summed E-state index contributed by atoms with van der Waals surface area (Å²) in [5.41, 5.74) is 6.83. The van der Waals surface area contributed by atoms with E-state index >= 15 is 0 Å². The lowest BCUT2D eigenvalue weighted by molar-refractivity contribution is 1.09. The molecule has 0 aliphatic heterocycles. The summed E-state index contributed by atoms with van der Waals surface area (Å²) in [4.78, 5) is 1.02. The maximum atomic E-state index is 5.72. The average molecular weight is 241 g/mol. The van der Waals surface area contributed by atoms with Crippen LogP contribution in [0.4, 0.5) is 10.8 Å². The third-order valence-electron chi connectivity index (χ3n) is 1.89. The fraction of sp³-hybridized carbons (Fsp3) is 0.250. The highest BCUT2D eigenvalue weighted by molar-refractivity contribution is 7.99. The van der Waals surface area contributed by atoms with Gasteiger partial charge < -0.3 is 11.1 Å². The lowest BCUT2D eigenvalue weighted by Gasteiger charge is -2.02. The number of anilines is 2. The number of aromatic nitrogens is 3. The molecule has 0 fully saturated rings. The second kappa shape index (κ2) is 4.54. The molecule has 80 valence electrons. The second-order valence-corrected chi connectivity index (χ2v) is 4.48. The normalized spacial score (nSPS) is 10.5. The number of thioether (sulfide) groups is 1. The van der Waals surface area contributed by atoms with Crippen LogP contribution in [0.25, 0.3) is 0 Å². The Morgan fingerprint density at radius 3 is 3.20 bits per heavy atom. The monoisotopic (exact) mass is 241 g/mol. The van der Waals surface area contributed by atoms with Gasteiger partial charge in [0, 0.05) is 18.3 Å². The van der Waals surface area contributed by atoms with Crippen molar-refractivity contribution in [3.63, 3.8) is 0 Å². The van der Waals surface area contributed by atoms with Gasteiger partial charge >= 0.3 is 0 Å². The van der Waals surface area contributed by atoms with Crippen molar-refractivity contribution in [3.8, 4) is 0 Å². The fourth-order valence-electron chi connectivity index (χ4n) is 1.16. The summed E-state index contributed by atoms with van der Waals surface area (Å²) >= 11 is 2.99. The molecule has 7 heteroatoms. The second-order valence-electron chi connectivity index (χ2n) is 2.89. The largest absolute Gasteiger partial charge is 0.382 e. The molecule has 15 heavy (non-hydrogen) atoms. The van der Waals surface area contributed by atoms with Crippen LogP contribution in [-0.2, 0) is 6.54 Å². The number of nitrogen functional groups attached to an aromatic ring is 1. The number of H-pyrrole nitrogens is 1. The van der Waals surface area contributed by atoms with Gasteiger partial charge in [0.05, 0.1) is 11.1 Å². The molecule has 0 saturated heterocycles. The summed E-state index contributed by atoms with van der Waals surface area (Å²) < 4.78 is 4.10. The van der Waals surface area contributed by atoms with Crippen molar-refractivity contribution in [1.82, 2.24) is 14.6 Å². The molecule has 0 spiro atoms. The first kappa shape index (κ1) is 10.3. The molecule has 0 aliphatic carbocycles. The molecule has 0 aliphatic rings. The average Bonchev–Trinajstić information content (AvgIpc) is 2.84. The minimum absolute atomic E-state index is 0.599. The van der Waals surface area contributed by atoms with Crippen LogP contribution in [0.3, 0.4) is 0 Å². The van der Waals surface area contributed by atoms with Gasteiger partial charge in [-0.3, -0.25) is 5.10 Å². The Kier molecular flexibility index (Phi) is 3.12. The Balaban J connectivity index is 2.05. The molecular weight excluding hydrogens is 230 g/mol. The Bertz CT molecular complexity index is 422. The maximum Gasteiger partial charge on any atom is 0.153 e. The number of aromatic amines is 1. The quantitative estimate of drug-likeness (QED) is 0.711. The number of nitrogens with one attached hydrogen (secondary N) is 2. The molecule has 0 atom stereocenters. The minimum Gasteiger partial charge on any atom is -0.382 e. The van der Waals surface area contributed by atoms with Gasteiger partial charge in [0.25, 0.3) is 0 Å². The number of nitrogens with zero attached hydrogens (tertiary/aromatic N) is 2. The van der Waals surface area contributed by atoms with Crippen molar-refractivity contribution in [2.75, 3.05) is 17.3 Å². The Morgan fingerprint density at radius 2 is 2.53 bits per heavy atom. The summed E-state index contributed by atoms with van der Waals surface area (Å²) in [7, 11) is 0. The lowest BCUT2D eigenvalue weighted by atomic mass is 10.4. The first-order valence-electron chi connectivity index (χ1n) is 4.32.